The smallest absolute Gasteiger partial charge is 0.317 e. The topological polar surface area (TPSA) is 140 Å². The molecule has 1 aliphatic heterocycles. The molecule has 1 saturated heterocycles. The number of halogens is 1. The van der Waals surface area contributed by atoms with Gasteiger partial charge >= 0.3 is 6.03 Å². The summed E-state index contributed by atoms with van der Waals surface area (Å²) >= 11 is 3.46. The summed E-state index contributed by atoms with van der Waals surface area (Å²) in [6.07, 6.45) is 4.84. The zero-order valence-electron chi connectivity index (χ0n) is 20.4. The lowest BCUT2D eigenvalue weighted by atomic mass is 10.2. The third-order valence-corrected chi connectivity index (χ3v) is 6.17. The van der Waals surface area contributed by atoms with Gasteiger partial charge in [0.15, 0.2) is 0 Å². The molecule has 5 N–H and O–H groups in total. The van der Waals surface area contributed by atoms with Crippen LogP contribution in [0.25, 0.3) is 0 Å². The molecule has 194 valence electrons. The van der Waals surface area contributed by atoms with E-state index >= 15 is 0 Å². The van der Waals surface area contributed by atoms with Crippen LogP contribution in [0, 0.1) is 0 Å². The molecular weight excluding hydrogens is 528 g/mol. The molecule has 1 fully saturated rings. The first-order valence-electron chi connectivity index (χ1n) is 12.1. The number of rotatable bonds is 12. The Balaban J connectivity index is 1.44. The van der Waals surface area contributed by atoms with E-state index in [1.807, 2.05) is 29.2 Å². The molecular formula is C24H33BrN8O3. The second-order valence-electron chi connectivity index (χ2n) is 8.37. The Morgan fingerprint density at radius 3 is 2.61 bits per heavy atom. The van der Waals surface area contributed by atoms with Crippen LogP contribution in [0.1, 0.15) is 37.7 Å². The average Bonchev–Trinajstić information content (AvgIpc) is 3.43. The molecule has 0 atom stereocenters. The molecule has 1 aromatic carbocycles. The van der Waals surface area contributed by atoms with Crippen molar-refractivity contribution in [1.29, 1.82) is 0 Å². The minimum absolute atomic E-state index is 0.0266. The van der Waals surface area contributed by atoms with Crippen molar-refractivity contribution in [3.05, 3.63) is 40.5 Å². The summed E-state index contributed by atoms with van der Waals surface area (Å²) in [4.78, 5) is 45.9. The van der Waals surface area contributed by atoms with Crippen molar-refractivity contribution in [1.82, 2.24) is 30.8 Å². The summed E-state index contributed by atoms with van der Waals surface area (Å²) in [5, 5.41) is 14.7. The van der Waals surface area contributed by atoms with Gasteiger partial charge in [0.2, 0.25) is 17.8 Å². The van der Waals surface area contributed by atoms with Crippen LogP contribution in [0.4, 0.5) is 22.2 Å². The van der Waals surface area contributed by atoms with Gasteiger partial charge in [-0.3, -0.25) is 9.59 Å². The first-order chi connectivity index (χ1) is 17.4. The number of likely N-dealkylation sites (tertiary alicyclic amines) is 1. The van der Waals surface area contributed by atoms with Crippen molar-refractivity contribution in [3.63, 3.8) is 0 Å². The highest BCUT2D eigenvalue weighted by atomic mass is 79.9. The number of urea groups is 1. The van der Waals surface area contributed by atoms with Crippen molar-refractivity contribution >= 4 is 51.2 Å². The Morgan fingerprint density at radius 2 is 1.83 bits per heavy atom. The summed E-state index contributed by atoms with van der Waals surface area (Å²) in [5.41, 5.74) is 1.79. The van der Waals surface area contributed by atoms with E-state index in [2.05, 4.69) is 52.5 Å². The molecule has 0 spiro atoms. The number of carbonyl (C=O) groups excluding carboxylic acids is 3. The summed E-state index contributed by atoms with van der Waals surface area (Å²) in [6.45, 7) is 3.17. The first kappa shape index (κ1) is 27.2. The van der Waals surface area contributed by atoms with E-state index in [1.54, 1.807) is 13.2 Å². The van der Waals surface area contributed by atoms with E-state index in [0.29, 0.717) is 37.8 Å². The van der Waals surface area contributed by atoms with Crippen LogP contribution in [0.2, 0.25) is 0 Å². The number of carbonyl (C=O) groups is 3. The molecule has 4 amide bonds. The number of hydrogen-bond donors (Lipinski definition) is 5. The molecule has 3 rings (SSSR count). The van der Waals surface area contributed by atoms with Crippen molar-refractivity contribution in [2.24, 2.45) is 0 Å². The van der Waals surface area contributed by atoms with Gasteiger partial charge in [0, 0.05) is 64.5 Å². The van der Waals surface area contributed by atoms with Crippen LogP contribution < -0.4 is 26.6 Å². The van der Waals surface area contributed by atoms with Crippen LogP contribution >= 0.6 is 15.9 Å². The highest BCUT2D eigenvalue weighted by Crippen LogP contribution is 2.22. The average molecular weight is 561 g/mol. The minimum atomic E-state index is -0.152. The van der Waals surface area contributed by atoms with Crippen molar-refractivity contribution in [2.75, 3.05) is 43.9 Å². The predicted octanol–water partition coefficient (Wildman–Crippen LogP) is 2.73. The Labute approximate surface area is 219 Å². The number of benzene rings is 1. The van der Waals surface area contributed by atoms with Gasteiger partial charge in [0.05, 0.1) is 4.47 Å². The molecule has 1 aromatic heterocycles. The molecule has 0 radical (unpaired) electrons. The number of amides is 4. The predicted molar refractivity (Wildman–Crippen MR) is 142 cm³/mol. The van der Waals surface area contributed by atoms with Crippen LogP contribution in [0.5, 0.6) is 0 Å². The molecule has 0 saturated carbocycles. The molecule has 12 heteroatoms. The lowest BCUT2D eigenvalue weighted by Gasteiger charge is -2.16. The van der Waals surface area contributed by atoms with Gasteiger partial charge in [-0.25, -0.2) is 9.78 Å². The fraction of sp³-hybridized carbons (Fsp3) is 0.458. The van der Waals surface area contributed by atoms with Gasteiger partial charge in [0.25, 0.3) is 0 Å². The number of nitrogens with one attached hydrogen (secondary N) is 5. The van der Waals surface area contributed by atoms with Gasteiger partial charge < -0.3 is 31.5 Å². The van der Waals surface area contributed by atoms with Crippen molar-refractivity contribution < 1.29 is 14.4 Å². The third-order valence-electron chi connectivity index (χ3n) is 5.59. The van der Waals surface area contributed by atoms with Gasteiger partial charge in [0.1, 0.15) is 5.82 Å². The number of nitrogens with zero attached hydrogens (tertiary/aromatic N) is 3. The fourth-order valence-corrected chi connectivity index (χ4v) is 3.94. The summed E-state index contributed by atoms with van der Waals surface area (Å²) < 4.78 is 0.723. The van der Waals surface area contributed by atoms with E-state index < -0.39 is 0 Å². The number of aromatic nitrogens is 2. The van der Waals surface area contributed by atoms with Crippen LogP contribution in [0.3, 0.4) is 0 Å². The molecule has 11 nitrogen and oxygen atoms in total. The molecule has 0 aliphatic carbocycles. The van der Waals surface area contributed by atoms with E-state index in [1.165, 1.54) is 0 Å². The normalized spacial score (nSPS) is 12.7. The van der Waals surface area contributed by atoms with Crippen molar-refractivity contribution in [3.8, 4) is 0 Å². The van der Waals surface area contributed by atoms with E-state index in [-0.39, 0.29) is 30.7 Å². The first-order valence-corrected chi connectivity index (χ1v) is 12.9. The highest BCUT2D eigenvalue weighted by Gasteiger charge is 2.17. The molecule has 36 heavy (non-hydrogen) atoms. The maximum Gasteiger partial charge on any atom is 0.317 e. The van der Waals surface area contributed by atoms with Crippen molar-refractivity contribution in [2.45, 2.75) is 38.6 Å². The van der Waals surface area contributed by atoms with Crippen LogP contribution in [-0.2, 0) is 16.1 Å². The molecule has 1 aliphatic rings. The van der Waals surface area contributed by atoms with E-state index in [0.717, 1.165) is 41.7 Å². The second kappa shape index (κ2) is 14.2. The Morgan fingerprint density at radius 1 is 1.06 bits per heavy atom. The van der Waals surface area contributed by atoms with E-state index in [9.17, 15) is 14.4 Å². The maximum atomic E-state index is 12.2. The van der Waals surface area contributed by atoms with Gasteiger partial charge in [-0.15, -0.1) is 0 Å². The summed E-state index contributed by atoms with van der Waals surface area (Å²) in [7, 11) is 1.55. The summed E-state index contributed by atoms with van der Waals surface area (Å²) in [6, 6.07) is 7.72. The minimum Gasteiger partial charge on any atom is -0.369 e. The Kier molecular flexibility index (Phi) is 10.7. The molecule has 2 aromatic rings. The zero-order chi connectivity index (χ0) is 25.8. The molecule has 0 unspecified atom stereocenters. The standard InChI is InChI=1S/C24H33BrN8O3/c1-26-20(34)8-9-21(35)27-10-5-11-28-22-19(25)16-29-23(32-22)31-18-7-4-6-17(14-18)15-30-24(36)33-12-2-3-13-33/h4,6-7,14,16H,2-3,5,8-13,15H2,1H3,(H,26,34)(H,27,35)(H,30,36)(H2,28,29,31,32). The number of hydrogen-bond acceptors (Lipinski definition) is 7. The van der Waals surface area contributed by atoms with Gasteiger partial charge in [-0.1, -0.05) is 12.1 Å². The lowest BCUT2D eigenvalue weighted by Crippen LogP contribution is -2.37. The molecule has 0 bridgehead atoms. The third kappa shape index (κ3) is 8.99. The zero-order valence-corrected chi connectivity index (χ0v) is 22.0. The van der Waals surface area contributed by atoms with Crippen LogP contribution in [0.15, 0.2) is 34.9 Å². The Bertz CT molecular complexity index is 1050. The molecule has 2 heterocycles. The second-order valence-corrected chi connectivity index (χ2v) is 9.23. The van der Waals surface area contributed by atoms with Gasteiger partial charge in [-0.05, 0) is 52.9 Å². The monoisotopic (exact) mass is 560 g/mol. The number of anilines is 3. The highest BCUT2D eigenvalue weighted by molar-refractivity contribution is 9.10. The lowest BCUT2D eigenvalue weighted by molar-refractivity contribution is -0.126. The Hall–Kier alpha value is -3.41. The maximum absolute atomic E-state index is 12.2. The van der Waals surface area contributed by atoms with E-state index in [4.69, 9.17) is 0 Å². The largest absolute Gasteiger partial charge is 0.369 e. The quantitative estimate of drug-likeness (QED) is 0.251. The fourth-order valence-electron chi connectivity index (χ4n) is 3.61. The van der Waals surface area contributed by atoms with Gasteiger partial charge in [-0.2, -0.15) is 4.98 Å². The summed E-state index contributed by atoms with van der Waals surface area (Å²) in [5.74, 6) is 0.765. The SMILES string of the molecule is CNC(=O)CCC(=O)NCCCNc1nc(Nc2cccc(CNC(=O)N3CCCC3)c2)ncc1Br. The van der Waals surface area contributed by atoms with Crippen LogP contribution in [-0.4, -0.2) is 65.9 Å².